The lowest BCUT2D eigenvalue weighted by molar-refractivity contribution is -0.118. The fourth-order valence-corrected chi connectivity index (χ4v) is 1.31. The minimum absolute atomic E-state index is 0.0231. The van der Waals surface area contributed by atoms with E-state index in [2.05, 4.69) is 30.7 Å². The summed E-state index contributed by atoms with van der Waals surface area (Å²) in [4.78, 5) is 23.0. The van der Waals surface area contributed by atoms with Crippen LogP contribution in [0.4, 0.5) is 5.95 Å². The zero-order valence-electron chi connectivity index (χ0n) is 9.46. The van der Waals surface area contributed by atoms with E-state index in [1.54, 1.807) is 25.5 Å². The molecule has 9 heteroatoms. The summed E-state index contributed by atoms with van der Waals surface area (Å²) < 4.78 is 1.44. The maximum Gasteiger partial charge on any atom is 0.256 e. The molecule has 18 heavy (non-hydrogen) atoms. The summed E-state index contributed by atoms with van der Waals surface area (Å²) in [5, 5.41) is 9.21. The van der Waals surface area contributed by atoms with E-state index < -0.39 is 0 Å². The van der Waals surface area contributed by atoms with Gasteiger partial charge in [0.1, 0.15) is 0 Å². The first-order valence-corrected chi connectivity index (χ1v) is 5.43. The molecule has 0 aliphatic carbocycles. The highest BCUT2D eigenvalue weighted by molar-refractivity contribution is 6.28. The third-order valence-corrected chi connectivity index (χ3v) is 2.16. The van der Waals surface area contributed by atoms with Gasteiger partial charge in [0.15, 0.2) is 0 Å². The molecular formula is C9H10ClN7O. The van der Waals surface area contributed by atoms with Crippen molar-refractivity contribution in [2.24, 2.45) is 0 Å². The zero-order valence-corrected chi connectivity index (χ0v) is 10.2. The van der Waals surface area contributed by atoms with Gasteiger partial charge in [-0.3, -0.25) is 4.79 Å². The lowest BCUT2D eigenvalue weighted by Crippen LogP contribution is -2.27. The summed E-state index contributed by atoms with van der Waals surface area (Å²) >= 11 is 5.77. The highest BCUT2D eigenvalue weighted by Gasteiger charge is 2.07. The van der Waals surface area contributed by atoms with Gasteiger partial charge in [-0.05, 0) is 17.7 Å². The molecule has 1 amide bonds. The molecule has 0 aliphatic rings. The Kier molecular flexibility index (Phi) is 3.68. The number of nitrogens with zero attached hydrogens (tertiary/aromatic N) is 5. The molecule has 0 aliphatic heterocycles. The van der Waals surface area contributed by atoms with Crippen molar-refractivity contribution in [1.82, 2.24) is 30.0 Å². The van der Waals surface area contributed by atoms with Crippen molar-refractivity contribution < 1.29 is 4.79 Å². The number of rotatable bonds is 4. The van der Waals surface area contributed by atoms with Crippen molar-refractivity contribution in [3.8, 4) is 5.95 Å². The number of carbonyl (C=O) groups is 1. The number of anilines is 1. The Balaban J connectivity index is 2.19. The number of amides is 1. The van der Waals surface area contributed by atoms with Gasteiger partial charge in [0.05, 0.1) is 6.54 Å². The van der Waals surface area contributed by atoms with E-state index >= 15 is 0 Å². The maximum absolute atomic E-state index is 11.1. The van der Waals surface area contributed by atoms with Crippen molar-refractivity contribution in [1.29, 1.82) is 0 Å². The molecule has 0 saturated carbocycles. The van der Waals surface area contributed by atoms with Gasteiger partial charge in [0.2, 0.25) is 17.1 Å². The summed E-state index contributed by atoms with van der Waals surface area (Å²) in [5.74, 6) is 0.302. The van der Waals surface area contributed by atoms with Crippen LogP contribution in [0.5, 0.6) is 0 Å². The van der Waals surface area contributed by atoms with Gasteiger partial charge in [-0.15, -0.1) is 0 Å². The van der Waals surface area contributed by atoms with E-state index in [1.807, 2.05) is 0 Å². The quantitative estimate of drug-likeness (QED) is 0.801. The normalized spacial score (nSPS) is 10.1. The van der Waals surface area contributed by atoms with Crippen LogP contribution in [0.15, 0.2) is 18.5 Å². The van der Waals surface area contributed by atoms with Crippen molar-refractivity contribution in [3.05, 3.63) is 23.7 Å². The molecule has 2 rings (SSSR count). The number of hydrogen-bond acceptors (Lipinski definition) is 6. The van der Waals surface area contributed by atoms with Crippen LogP contribution in [-0.2, 0) is 4.79 Å². The molecule has 94 valence electrons. The van der Waals surface area contributed by atoms with E-state index in [1.165, 1.54) is 4.68 Å². The molecule has 0 fully saturated rings. The van der Waals surface area contributed by atoms with Gasteiger partial charge in [-0.1, -0.05) is 0 Å². The molecule has 2 aromatic heterocycles. The summed E-state index contributed by atoms with van der Waals surface area (Å²) in [6, 6.07) is 1.73. The van der Waals surface area contributed by atoms with E-state index in [0.717, 1.165) is 0 Å². The van der Waals surface area contributed by atoms with Crippen LogP contribution in [0.25, 0.3) is 5.95 Å². The first-order valence-electron chi connectivity index (χ1n) is 5.05. The largest absolute Gasteiger partial charge is 0.358 e. The lowest BCUT2D eigenvalue weighted by atomic mass is 10.6. The minimum Gasteiger partial charge on any atom is -0.358 e. The lowest BCUT2D eigenvalue weighted by Gasteiger charge is -2.05. The second-order valence-electron chi connectivity index (χ2n) is 3.21. The molecule has 2 heterocycles. The number of nitrogens with one attached hydrogen (secondary N) is 2. The van der Waals surface area contributed by atoms with Crippen molar-refractivity contribution in [2.45, 2.75) is 0 Å². The van der Waals surface area contributed by atoms with Crippen LogP contribution < -0.4 is 10.6 Å². The molecule has 0 saturated heterocycles. The SMILES string of the molecule is CNC(=O)CNc1nc(Cl)nc(-n2cccn2)n1. The van der Waals surface area contributed by atoms with Gasteiger partial charge in [0, 0.05) is 19.4 Å². The fourth-order valence-electron chi connectivity index (χ4n) is 1.16. The third kappa shape index (κ3) is 2.92. The van der Waals surface area contributed by atoms with Gasteiger partial charge in [0.25, 0.3) is 5.95 Å². The average molecular weight is 268 g/mol. The van der Waals surface area contributed by atoms with Gasteiger partial charge < -0.3 is 10.6 Å². The van der Waals surface area contributed by atoms with Gasteiger partial charge in [-0.2, -0.15) is 20.1 Å². The first-order chi connectivity index (χ1) is 8.69. The third-order valence-electron chi connectivity index (χ3n) is 1.99. The number of likely N-dealkylation sites (N-methyl/N-ethyl adjacent to an activating group) is 1. The molecule has 0 atom stereocenters. The second-order valence-corrected chi connectivity index (χ2v) is 3.54. The predicted molar refractivity (Wildman–Crippen MR) is 64.5 cm³/mol. The first kappa shape index (κ1) is 12.2. The monoisotopic (exact) mass is 267 g/mol. The van der Waals surface area contributed by atoms with Gasteiger partial charge in [-0.25, -0.2) is 4.68 Å². The Bertz CT molecular complexity index is 542. The number of aromatic nitrogens is 5. The van der Waals surface area contributed by atoms with Crippen LogP contribution in [0.3, 0.4) is 0 Å². The van der Waals surface area contributed by atoms with E-state index in [0.29, 0.717) is 0 Å². The number of carbonyl (C=O) groups excluding carboxylic acids is 1. The van der Waals surface area contributed by atoms with Crippen molar-refractivity contribution in [3.63, 3.8) is 0 Å². The molecule has 2 aromatic rings. The summed E-state index contributed by atoms with van der Waals surface area (Å²) in [7, 11) is 1.54. The summed E-state index contributed by atoms with van der Waals surface area (Å²) in [6.45, 7) is 0.0510. The fraction of sp³-hybridized carbons (Fsp3) is 0.222. The minimum atomic E-state index is -0.188. The molecule has 2 N–H and O–H groups in total. The molecule has 0 unspecified atom stereocenters. The van der Waals surface area contributed by atoms with Crippen LogP contribution in [0.1, 0.15) is 0 Å². The molecular weight excluding hydrogens is 258 g/mol. The highest BCUT2D eigenvalue weighted by atomic mass is 35.5. The van der Waals surface area contributed by atoms with E-state index in [4.69, 9.17) is 11.6 Å². The standard InChI is InChI=1S/C9H10ClN7O/c1-11-6(18)5-12-8-14-7(10)15-9(16-8)17-4-2-3-13-17/h2-4H,5H2,1H3,(H,11,18)(H,12,14,15,16). The Morgan fingerprint density at radius 3 is 2.94 bits per heavy atom. The molecule has 0 bridgehead atoms. The van der Waals surface area contributed by atoms with E-state index in [9.17, 15) is 4.79 Å². The molecule has 0 aromatic carbocycles. The van der Waals surface area contributed by atoms with Crippen LogP contribution in [0, 0.1) is 0 Å². The topological polar surface area (TPSA) is 97.6 Å². The number of halogens is 1. The Morgan fingerprint density at radius 2 is 2.28 bits per heavy atom. The van der Waals surface area contributed by atoms with Crippen molar-refractivity contribution in [2.75, 3.05) is 18.9 Å². The van der Waals surface area contributed by atoms with Crippen LogP contribution in [-0.4, -0.2) is 44.2 Å². The predicted octanol–water partition coefficient (Wildman–Crippen LogP) is -0.131. The average Bonchev–Trinajstić information content (AvgIpc) is 2.89. The van der Waals surface area contributed by atoms with E-state index in [-0.39, 0.29) is 29.6 Å². The number of hydrogen-bond donors (Lipinski definition) is 2. The molecule has 8 nitrogen and oxygen atoms in total. The van der Waals surface area contributed by atoms with Gasteiger partial charge >= 0.3 is 0 Å². The molecule has 0 radical (unpaired) electrons. The Labute approximate surface area is 107 Å². The maximum atomic E-state index is 11.1. The van der Waals surface area contributed by atoms with Crippen molar-refractivity contribution >= 4 is 23.5 Å². The summed E-state index contributed by atoms with van der Waals surface area (Å²) in [6.07, 6.45) is 3.27. The summed E-state index contributed by atoms with van der Waals surface area (Å²) in [5.41, 5.74) is 0. The van der Waals surface area contributed by atoms with Crippen LogP contribution in [0.2, 0.25) is 5.28 Å². The Hall–Kier alpha value is -2.22. The Morgan fingerprint density at radius 1 is 1.44 bits per heavy atom. The van der Waals surface area contributed by atoms with Crippen LogP contribution >= 0.6 is 11.6 Å². The highest BCUT2D eigenvalue weighted by Crippen LogP contribution is 2.08. The second kappa shape index (κ2) is 5.41. The molecule has 0 spiro atoms. The zero-order chi connectivity index (χ0) is 13.0. The smallest absolute Gasteiger partial charge is 0.256 e.